The number of aromatic nitrogens is 3. The van der Waals surface area contributed by atoms with Crippen LogP contribution in [0, 0.1) is 13.8 Å². The van der Waals surface area contributed by atoms with Crippen molar-refractivity contribution in [1.82, 2.24) is 15.2 Å². The molecule has 3 rings (SSSR count). The third-order valence-corrected chi connectivity index (χ3v) is 3.75. The Morgan fingerprint density at radius 3 is 2.28 bits per heavy atom. The molecule has 0 radical (unpaired) electrons. The zero-order valence-electron chi connectivity index (χ0n) is 14.4. The molecule has 0 saturated carbocycles. The average molecular weight is 336 g/mol. The molecule has 2 N–H and O–H groups in total. The van der Waals surface area contributed by atoms with Crippen LogP contribution >= 0.6 is 0 Å². The van der Waals surface area contributed by atoms with Gasteiger partial charge in [-0.3, -0.25) is 15.2 Å². The van der Waals surface area contributed by atoms with Crippen molar-refractivity contribution in [2.75, 3.05) is 5.32 Å². The summed E-state index contributed by atoms with van der Waals surface area (Å²) in [5.74, 6) is 1.15. The van der Waals surface area contributed by atoms with Crippen molar-refractivity contribution in [3.05, 3.63) is 59.7 Å². The van der Waals surface area contributed by atoms with E-state index in [4.69, 9.17) is 4.74 Å². The van der Waals surface area contributed by atoms with E-state index in [0.717, 1.165) is 11.1 Å². The summed E-state index contributed by atoms with van der Waals surface area (Å²) in [4.78, 5) is 16.5. The second kappa shape index (κ2) is 7.17. The number of hydrogen-bond acceptors (Lipinski definition) is 4. The van der Waals surface area contributed by atoms with E-state index in [1.54, 1.807) is 6.92 Å². The first kappa shape index (κ1) is 16.7. The second-order valence-electron chi connectivity index (χ2n) is 5.94. The molecule has 1 aromatic heterocycles. The molecule has 6 nitrogen and oxygen atoms in total. The number of amides is 1. The van der Waals surface area contributed by atoms with Gasteiger partial charge in [0.2, 0.25) is 5.95 Å². The largest absolute Gasteiger partial charge is 0.481 e. The Kier molecular flexibility index (Phi) is 4.79. The number of carbonyl (C=O) groups is 1. The number of aryl methyl sites for hydroxylation is 2. The molecule has 0 aliphatic carbocycles. The van der Waals surface area contributed by atoms with Gasteiger partial charge in [0.15, 0.2) is 11.9 Å². The molecule has 0 aliphatic heterocycles. The molecule has 25 heavy (non-hydrogen) atoms. The lowest BCUT2D eigenvalue weighted by molar-refractivity contribution is -0.122. The lowest BCUT2D eigenvalue weighted by Gasteiger charge is -2.13. The summed E-state index contributed by atoms with van der Waals surface area (Å²) in [5.41, 5.74) is 3.20. The van der Waals surface area contributed by atoms with Gasteiger partial charge >= 0.3 is 0 Å². The van der Waals surface area contributed by atoms with Crippen LogP contribution in [0.1, 0.15) is 18.1 Å². The maximum Gasteiger partial charge on any atom is 0.267 e. The fourth-order valence-electron chi connectivity index (χ4n) is 2.24. The predicted molar refractivity (Wildman–Crippen MR) is 96.5 cm³/mol. The van der Waals surface area contributed by atoms with Crippen molar-refractivity contribution in [2.24, 2.45) is 0 Å². The fourth-order valence-corrected chi connectivity index (χ4v) is 2.24. The number of ether oxygens (including phenoxy) is 1. The number of rotatable bonds is 5. The fraction of sp³-hybridized carbons (Fsp3) is 0.211. The van der Waals surface area contributed by atoms with Gasteiger partial charge in [-0.15, -0.1) is 5.10 Å². The van der Waals surface area contributed by atoms with E-state index >= 15 is 0 Å². The van der Waals surface area contributed by atoms with Gasteiger partial charge in [-0.2, -0.15) is 4.98 Å². The molecular weight excluding hydrogens is 316 g/mol. The Balaban J connectivity index is 1.62. The van der Waals surface area contributed by atoms with Crippen molar-refractivity contribution >= 4 is 11.9 Å². The zero-order chi connectivity index (χ0) is 17.8. The molecule has 1 atom stereocenters. The maximum absolute atomic E-state index is 12.2. The molecule has 1 amide bonds. The number of nitrogens with zero attached hydrogens (tertiary/aromatic N) is 2. The van der Waals surface area contributed by atoms with Crippen LogP contribution in [0.15, 0.2) is 48.5 Å². The lowest BCUT2D eigenvalue weighted by atomic mass is 10.1. The minimum atomic E-state index is -0.663. The highest BCUT2D eigenvalue weighted by atomic mass is 16.5. The van der Waals surface area contributed by atoms with Crippen molar-refractivity contribution in [2.45, 2.75) is 26.9 Å². The van der Waals surface area contributed by atoms with Gasteiger partial charge in [0, 0.05) is 5.56 Å². The first-order valence-electron chi connectivity index (χ1n) is 8.05. The number of nitrogens with one attached hydrogen (secondary N) is 2. The van der Waals surface area contributed by atoms with Crippen molar-refractivity contribution in [1.29, 1.82) is 0 Å². The Labute approximate surface area is 146 Å². The number of carbonyl (C=O) groups excluding carboxylic acids is 1. The van der Waals surface area contributed by atoms with E-state index in [2.05, 4.69) is 20.5 Å². The summed E-state index contributed by atoms with van der Waals surface area (Å²) in [6.45, 7) is 5.70. The van der Waals surface area contributed by atoms with E-state index in [0.29, 0.717) is 11.6 Å². The minimum absolute atomic E-state index is 0.222. The van der Waals surface area contributed by atoms with Crippen LogP contribution in [0.5, 0.6) is 5.75 Å². The predicted octanol–water partition coefficient (Wildman–Crippen LogP) is 3.49. The van der Waals surface area contributed by atoms with Crippen molar-refractivity contribution < 1.29 is 9.53 Å². The second-order valence-corrected chi connectivity index (χ2v) is 5.94. The van der Waals surface area contributed by atoms with Crippen LogP contribution < -0.4 is 10.1 Å². The van der Waals surface area contributed by atoms with Crippen LogP contribution in [0.25, 0.3) is 11.4 Å². The molecule has 1 unspecified atom stereocenters. The molecular formula is C19H20N4O2. The summed E-state index contributed by atoms with van der Waals surface area (Å²) in [6.07, 6.45) is -0.663. The molecule has 0 saturated heterocycles. The van der Waals surface area contributed by atoms with Crippen LogP contribution in [0.2, 0.25) is 0 Å². The maximum atomic E-state index is 12.2. The van der Waals surface area contributed by atoms with E-state index < -0.39 is 6.10 Å². The lowest BCUT2D eigenvalue weighted by Crippen LogP contribution is -2.30. The van der Waals surface area contributed by atoms with Gasteiger partial charge in [-0.1, -0.05) is 47.5 Å². The number of H-pyrrole nitrogens is 1. The Bertz CT molecular complexity index is 854. The Morgan fingerprint density at radius 1 is 1.04 bits per heavy atom. The number of anilines is 1. The van der Waals surface area contributed by atoms with E-state index in [-0.39, 0.29) is 11.9 Å². The zero-order valence-corrected chi connectivity index (χ0v) is 14.4. The SMILES string of the molecule is Cc1ccc(OC(C)C(=O)Nc2n[nH]c(-c3ccc(C)cc3)n2)cc1. The molecule has 3 aromatic rings. The highest BCUT2D eigenvalue weighted by Crippen LogP contribution is 2.17. The summed E-state index contributed by atoms with van der Waals surface area (Å²) in [6, 6.07) is 15.4. The van der Waals surface area contributed by atoms with Crippen LogP contribution in [-0.4, -0.2) is 27.2 Å². The Hall–Kier alpha value is -3.15. The standard InChI is InChI=1S/C19H20N4O2/c1-12-4-8-15(9-5-12)17-20-19(23-22-17)21-18(24)14(3)25-16-10-6-13(2)7-11-16/h4-11,14H,1-3H3,(H2,20,21,22,23,24). The molecule has 0 spiro atoms. The van der Waals surface area contributed by atoms with Gasteiger partial charge < -0.3 is 4.74 Å². The van der Waals surface area contributed by atoms with Gasteiger partial charge in [0.1, 0.15) is 5.75 Å². The first-order chi connectivity index (χ1) is 12.0. The summed E-state index contributed by atoms with van der Waals surface area (Å²) < 4.78 is 5.63. The van der Waals surface area contributed by atoms with Gasteiger partial charge in [0.05, 0.1) is 0 Å². The van der Waals surface area contributed by atoms with Crippen LogP contribution in [0.3, 0.4) is 0 Å². The van der Waals surface area contributed by atoms with E-state index in [9.17, 15) is 4.79 Å². The molecule has 1 heterocycles. The van der Waals surface area contributed by atoms with Crippen molar-refractivity contribution in [3.8, 4) is 17.1 Å². The molecule has 0 aliphatic rings. The van der Waals surface area contributed by atoms with E-state index in [1.165, 1.54) is 5.56 Å². The normalized spacial score (nSPS) is 11.8. The quantitative estimate of drug-likeness (QED) is 0.747. The molecule has 128 valence electrons. The molecule has 2 aromatic carbocycles. The van der Waals surface area contributed by atoms with Crippen molar-refractivity contribution in [3.63, 3.8) is 0 Å². The number of hydrogen-bond donors (Lipinski definition) is 2. The number of benzene rings is 2. The van der Waals surface area contributed by atoms with Gasteiger partial charge in [-0.25, -0.2) is 0 Å². The smallest absolute Gasteiger partial charge is 0.267 e. The first-order valence-corrected chi connectivity index (χ1v) is 8.05. The topological polar surface area (TPSA) is 79.9 Å². The van der Waals surface area contributed by atoms with Crippen LogP contribution in [-0.2, 0) is 4.79 Å². The molecule has 0 fully saturated rings. The third-order valence-electron chi connectivity index (χ3n) is 3.75. The number of aromatic amines is 1. The summed E-state index contributed by atoms with van der Waals surface area (Å²) in [5, 5.41) is 9.51. The highest BCUT2D eigenvalue weighted by Gasteiger charge is 2.17. The molecule has 6 heteroatoms. The van der Waals surface area contributed by atoms with Gasteiger partial charge in [0.25, 0.3) is 5.91 Å². The average Bonchev–Trinajstić information content (AvgIpc) is 3.06. The van der Waals surface area contributed by atoms with Crippen LogP contribution in [0.4, 0.5) is 5.95 Å². The minimum Gasteiger partial charge on any atom is -0.481 e. The van der Waals surface area contributed by atoms with E-state index in [1.807, 2.05) is 62.4 Å². The monoisotopic (exact) mass is 336 g/mol. The third kappa shape index (κ3) is 4.23. The summed E-state index contributed by atoms with van der Waals surface area (Å²) in [7, 11) is 0. The van der Waals surface area contributed by atoms with Gasteiger partial charge in [-0.05, 0) is 32.9 Å². The molecule has 0 bridgehead atoms. The highest BCUT2D eigenvalue weighted by molar-refractivity contribution is 5.92. The summed E-state index contributed by atoms with van der Waals surface area (Å²) >= 11 is 0. The Morgan fingerprint density at radius 2 is 1.64 bits per heavy atom.